The molecule has 0 heterocycles. The van der Waals surface area contributed by atoms with Gasteiger partial charge in [-0.1, -0.05) is 51.0 Å². The van der Waals surface area contributed by atoms with Gasteiger partial charge in [-0.05, 0) is 24.8 Å². The summed E-state index contributed by atoms with van der Waals surface area (Å²) in [6.45, 7) is 9.12. The van der Waals surface area contributed by atoms with E-state index in [9.17, 15) is 5.11 Å². The quantitative estimate of drug-likeness (QED) is 0.530. The smallest absolute Gasteiger partial charge is 0.312 e. The number of benzene rings is 1. The fourth-order valence-electron chi connectivity index (χ4n) is 2.58. The van der Waals surface area contributed by atoms with Crippen LogP contribution in [0.1, 0.15) is 26.3 Å². The summed E-state index contributed by atoms with van der Waals surface area (Å²) in [6, 6.07) is 10.2. The van der Waals surface area contributed by atoms with Gasteiger partial charge in [0.05, 0.1) is 12.2 Å². The molecule has 0 spiro atoms. The van der Waals surface area contributed by atoms with Gasteiger partial charge in [0.2, 0.25) is 0 Å². The lowest BCUT2D eigenvalue weighted by Gasteiger charge is -2.32. The molecule has 0 aromatic heterocycles. The first-order valence-corrected chi connectivity index (χ1v) is 8.78. The third-order valence-electron chi connectivity index (χ3n) is 3.55. The van der Waals surface area contributed by atoms with Crippen LogP contribution in [0.5, 0.6) is 0 Å². The Balaban J connectivity index is 2.79. The van der Waals surface area contributed by atoms with Crippen LogP contribution in [0.15, 0.2) is 30.3 Å². The molecule has 0 radical (unpaired) electrons. The van der Waals surface area contributed by atoms with Crippen molar-refractivity contribution in [2.24, 2.45) is 11.8 Å². The van der Waals surface area contributed by atoms with Crippen molar-refractivity contribution in [1.29, 1.82) is 0 Å². The van der Waals surface area contributed by atoms with Crippen molar-refractivity contribution in [2.75, 3.05) is 13.2 Å². The number of aliphatic hydroxyl groups excluding tert-OH is 1. The van der Waals surface area contributed by atoms with E-state index in [2.05, 4.69) is 35.1 Å². The van der Waals surface area contributed by atoms with Crippen LogP contribution in [0, 0.1) is 11.8 Å². The van der Waals surface area contributed by atoms with Crippen molar-refractivity contribution < 1.29 is 14.5 Å². The van der Waals surface area contributed by atoms with E-state index < -0.39 is 0 Å². The van der Waals surface area contributed by atoms with E-state index in [1.165, 1.54) is 5.56 Å². The highest BCUT2D eigenvalue weighted by Crippen LogP contribution is 2.21. The van der Waals surface area contributed by atoms with Crippen LogP contribution >= 0.6 is 9.12 Å². The third-order valence-corrected chi connectivity index (χ3v) is 3.71. The summed E-state index contributed by atoms with van der Waals surface area (Å²) < 4.78 is 12.0. The zero-order chi connectivity index (χ0) is 16.5. The number of hydrogen-bond acceptors (Lipinski definition) is 3. The van der Waals surface area contributed by atoms with E-state index in [4.69, 9.17) is 9.39 Å². The Kier molecular flexibility index (Phi) is 9.27. The zero-order valence-electron chi connectivity index (χ0n) is 14.2. The van der Waals surface area contributed by atoms with Gasteiger partial charge < -0.3 is 14.5 Å². The maximum Gasteiger partial charge on any atom is 0.312 e. The Morgan fingerprint density at radius 2 is 1.82 bits per heavy atom. The molecule has 1 rings (SSSR count). The summed E-state index contributed by atoms with van der Waals surface area (Å²) in [5, 5.41) is 9.87. The fourth-order valence-corrected chi connectivity index (χ4v) is 2.82. The van der Waals surface area contributed by atoms with Crippen LogP contribution in [0.3, 0.4) is 0 Å². The highest BCUT2D eigenvalue weighted by Gasteiger charge is 2.29. The first kappa shape index (κ1) is 19.6. The van der Waals surface area contributed by atoms with Gasteiger partial charge in [-0.3, -0.25) is 0 Å². The number of hydrogen-bond donors (Lipinski definition) is 1. The van der Waals surface area contributed by atoms with Gasteiger partial charge >= 0.3 is 6.64 Å². The molecule has 0 aliphatic carbocycles. The molecule has 5 heteroatoms. The molecule has 1 aromatic carbocycles. The molecule has 1 unspecified atom stereocenters. The lowest BCUT2D eigenvalue weighted by Crippen LogP contribution is -2.41. The van der Waals surface area contributed by atoms with Crippen molar-refractivity contribution in [1.82, 2.24) is 0 Å². The number of ether oxygens (including phenoxy) is 1. The largest absolute Gasteiger partial charge is 0.427 e. The van der Waals surface area contributed by atoms with Crippen LogP contribution in [0.4, 0.5) is 0 Å². The minimum absolute atomic E-state index is 0.0277. The zero-order valence-corrected chi connectivity index (χ0v) is 15.4. The van der Waals surface area contributed by atoms with Crippen molar-refractivity contribution >= 4 is 15.8 Å². The van der Waals surface area contributed by atoms with Crippen LogP contribution < -0.4 is 0 Å². The Bertz CT molecular complexity index is 400. The van der Waals surface area contributed by atoms with Gasteiger partial charge in [-0.2, -0.15) is 0 Å². The Hall–Kier alpha value is -0.405. The molecule has 0 fully saturated rings. The summed E-state index contributed by atoms with van der Waals surface area (Å²) in [6.07, 6.45) is 0.613. The second kappa shape index (κ2) is 10.4. The normalized spacial score (nSPS) is 15.6. The minimum atomic E-state index is -0.115. The maximum atomic E-state index is 9.87. The molecular weight excluding hydrogens is 294 g/mol. The SMILES string of the molecule is CB(P)O[C@@H](C)[C@H](OCC(C)C)[C@H](CO)Cc1ccccc1. The van der Waals surface area contributed by atoms with Crippen molar-refractivity contribution in [2.45, 2.75) is 46.2 Å². The predicted octanol–water partition coefficient (Wildman–Crippen LogP) is 3.28. The molecule has 1 N–H and O–H groups in total. The first-order valence-electron chi connectivity index (χ1n) is 8.11. The summed E-state index contributed by atoms with van der Waals surface area (Å²) in [7, 11) is 2.65. The predicted molar refractivity (Wildman–Crippen MR) is 97.2 cm³/mol. The topological polar surface area (TPSA) is 38.7 Å². The van der Waals surface area contributed by atoms with E-state index >= 15 is 0 Å². The van der Waals surface area contributed by atoms with Gasteiger partial charge in [0, 0.05) is 19.1 Å². The minimum Gasteiger partial charge on any atom is -0.427 e. The van der Waals surface area contributed by atoms with Crippen LogP contribution in [-0.2, 0) is 15.8 Å². The van der Waals surface area contributed by atoms with Crippen LogP contribution in [0.2, 0.25) is 6.82 Å². The Morgan fingerprint density at radius 1 is 1.18 bits per heavy atom. The second-order valence-electron chi connectivity index (χ2n) is 6.37. The average Bonchev–Trinajstić information content (AvgIpc) is 2.46. The van der Waals surface area contributed by atoms with Crippen molar-refractivity contribution in [3.63, 3.8) is 0 Å². The first-order chi connectivity index (χ1) is 10.4. The average molecular weight is 324 g/mol. The van der Waals surface area contributed by atoms with Gasteiger partial charge in [0.25, 0.3) is 0 Å². The maximum absolute atomic E-state index is 9.87. The number of rotatable bonds is 10. The van der Waals surface area contributed by atoms with E-state index in [1.807, 2.05) is 31.9 Å². The molecule has 0 aliphatic heterocycles. The van der Waals surface area contributed by atoms with Gasteiger partial charge in [-0.25, -0.2) is 0 Å². The summed E-state index contributed by atoms with van der Waals surface area (Å²) in [5.74, 6) is 0.485. The lowest BCUT2D eigenvalue weighted by molar-refractivity contribution is -0.0716. The molecule has 3 nitrogen and oxygen atoms in total. The monoisotopic (exact) mass is 324 g/mol. The van der Waals surface area contributed by atoms with Gasteiger partial charge in [-0.15, -0.1) is 9.12 Å². The molecular formula is C17H30BO3P. The molecule has 0 saturated carbocycles. The highest BCUT2D eigenvalue weighted by atomic mass is 31.0. The van der Waals surface area contributed by atoms with Gasteiger partial charge in [0.15, 0.2) is 0 Å². The van der Waals surface area contributed by atoms with E-state index in [-0.39, 0.29) is 31.4 Å². The molecule has 0 amide bonds. The van der Waals surface area contributed by atoms with E-state index in [0.29, 0.717) is 12.5 Å². The molecule has 0 saturated heterocycles. The Labute approximate surface area is 138 Å². The molecule has 124 valence electrons. The van der Waals surface area contributed by atoms with Crippen LogP contribution in [-0.4, -0.2) is 37.2 Å². The molecule has 22 heavy (non-hydrogen) atoms. The lowest BCUT2D eigenvalue weighted by atomic mass is 9.90. The highest BCUT2D eigenvalue weighted by molar-refractivity contribution is 7.60. The van der Waals surface area contributed by atoms with Crippen molar-refractivity contribution in [3.8, 4) is 0 Å². The molecule has 4 atom stereocenters. The summed E-state index contributed by atoms with van der Waals surface area (Å²) in [4.78, 5) is 0. The number of aliphatic hydroxyl groups is 1. The van der Waals surface area contributed by atoms with E-state index in [0.717, 1.165) is 6.42 Å². The molecule has 0 bridgehead atoms. The molecule has 1 aromatic rings. The van der Waals surface area contributed by atoms with E-state index in [1.54, 1.807) is 0 Å². The Morgan fingerprint density at radius 3 is 2.32 bits per heavy atom. The van der Waals surface area contributed by atoms with Crippen LogP contribution in [0.25, 0.3) is 0 Å². The van der Waals surface area contributed by atoms with Gasteiger partial charge in [0.1, 0.15) is 0 Å². The fraction of sp³-hybridized carbons (Fsp3) is 0.647. The van der Waals surface area contributed by atoms with Crippen molar-refractivity contribution in [3.05, 3.63) is 35.9 Å². The summed E-state index contributed by atoms with van der Waals surface area (Å²) >= 11 is 0. The third kappa shape index (κ3) is 7.24. The standard InChI is InChI=1S/C17H30BO3P/c1-13(2)12-20-17(14(3)21-18(4)22)16(11-19)10-15-8-6-5-7-9-15/h5-9,13-14,16-17,19H,10-12,22H2,1-4H3/t14-,16-,17-/m0/s1. The second-order valence-corrected chi connectivity index (χ2v) is 7.31. The molecule has 0 aliphatic rings. The summed E-state index contributed by atoms with van der Waals surface area (Å²) in [5.41, 5.74) is 1.21.